The number of likely N-dealkylation sites (tertiary alicyclic amines) is 1. The minimum absolute atomic E-state index is 0.0104. The van der Waals surface area contributed by atoms with E-state index in [4.69, 9.17) is 9.47 Å². The Morgan fingerprint density at radius 3 is 2.42 bits per heavy atom. The molecule has 1 N–H and O–H groups in total. The third-order valence-electron chi connectivity index (χ3n) is 8.68. The van der Waals surface area contributed by atoms with Crippen LogP contribution in [-0.2, 0) is 10.0 Å². The fourth-order valence-electron chi connectivity index (χ4n) is 6.33. The van der Waals surface area contributed by atoms with Crippen molar-refractivity contribution in [2.75, 3.05) is 42.9 Å². The Morgan fingerprint density at radius 2 is 1.67 bits per heavy atom. The third-order valence-corrected chi connectivity index (χ3v) is 10.1. The normalized spacial score (nSPS) is 18.2. The molecule has 45 heavy (non-hydrogen) atoms. The van der Waals surface area contributed by atoms with Gasteiger partial charge in [0.05, 0.1) is 19.3 Å². The van der Waals surface area contributed by atoms with Gasteiger partial charge in [-0.05, 0) is 79.4 Å². The summed E-state index contributed by atoms with van der Waals surface area (Å²) in [4.78, 5) is 21.5. The molecule has 3 aromatic carbocycles. The van der Waals surface area contributed by atoms with Crippen molar-refractivity contribution in [3.8, 4) is 11.5 Å². The van der Waals surface area contributed by atoms with Crippen LogP contribution in [0.15, 0.2) is 90.1 Å². The van der Waals surface area contributed by atoms with Crippen LogP contribution in [0.5, 0.6) is 11.5 Å². The smallest absolute Gasteiger partial charge is 0.265 e. The molecule has 2 aliphatic heterocycles. The molecule has 4 aromatic rings. The molecule has 0 aliphatic carbocycles. The molecule has 3 heterocycles. The minimum Gasteiger partial charge on any atom is -0.495 e. The fraction of sp³-hybridized carbons (Fsp3) is 0.314. The number of hydrogen-bond acceptors (Lipinski definition) is 7. The number of carbonyl (C=O) groups excluding carboxylic acids is 1. The molecule has 2 saturated heterocycles. The van der Waals surface area contributed by atoms with Crippen LogP contribution in [0.2, 0.25) is 0 Å². The van der Waals surface area contributed by atoms with Crippen LogP contribution in [0.4, 0.5) is 11.4 Å². The average Bonchev–Trinajstić information content (AvgIpc) is 3.72. The number of rotatable bonds is 9. The van der Waals surface area contributed by atoms with Crippen LogP contribution in [0.25, 0.3) is 0 Å². The van der Waals surface area contributed by atoms with Gasteiger partial charge in [0.25, 0.3) is 15.9 Å². The molecule has 0 spiro atoms. The van der Waals surface area contributed by atoms with Crippen LogP contribution in [0, 0.1) is 13.8 Å². The number of anilines is 2. The maximum Gasteiger partial charge on any atom is 0.265 e. The summed E-state index contributed by atoms with van der Waals surface area (Å²) in [7, 11) is -2.53. The zero-order valence-electron chi connectivity index (χ0n) is 25.8. The molecule has 6 rings (SSSR count). The fourth-order valence-corrected chi connectivity index (χ4v) is 7.57. The monoisotopic (exact) mass is 626 g/mol. The average molecular weight is 627 g/mol. The van der Waals surface area contributed by atoms with Crippen molar-refractivity contribution >= 4 is 27.3 Å². The second-order valence-corrected chi connectivity index (χ2v) is 13.4. The van der Waals surface area contributed by atoms with Gasteiger partial charge in [0.2, 0.25) is 0 Å². The molecule has 0 saturated carbocycles. The maximum absolute atomic E-state index is 13.7. The highest BCUT2D eigenvalue weighted by Crippen LogP contribution is 2.35. The second kappa shape index (κ2) is 12.8. The number of hydrogen-bond donors (Lipinski definition) is 1. The number of pyridine rings is 1. The van der Waals surface area contributed by atoms with E-state index < -0.39 is 10.0 Å². The van der Waals surface area contributed by atoms with Gasteiger partial charge in [0, 0.05) is 61.7 Å². The van der Waals surface area contributed by atoms with E-state index >= 15 is 0 Å². The topological polar surface area (TPSA) is 101 Å². The summed E-state index contributed by atoms with van der Waals surface area (Å²) in [5.41, 5.74) is 5.09. The number of carbonyl (C=O) groups is 1. The predicted molar refractivity (Wildman–Crippen MR) is 175 cm³/mol. The quantitative estimate of drug-likeness (QED) is 0.251. The highest BCUT2D eigenvalue weighted by atomic mass is 32.2. The number of ether oxygens (including phenoxy) is 2. The van der Waals surface area contributed by atoms with Crippen molar-refractivity contribution in [1.29, 1.82) is 0 Å². The maximum atomic E-state index is 13.7. The van der Waals surface area contributed by atoms with Gasteiger partial charge in [0.15, 0.2) is 0 Å². The Bertz CT molecular complexity index is 1780. The molecule has 10 heteroatoms. The van der Waals surface area contributed by atoms with Crippen molar-refractivity contribution in [2.24, 2.45) is 0 Å². The molecule has 2 aliphatic rings. The van der Waals surface area contributed by atoms with E-state index in [-0.39, 0.29) is 22.7 Å². The van der Waals surface area contributed by atoms with Gasteiger partial charge in [-0.25, -0.2) is 8.42 Å². The Kier molecular flexibility index (Phi) is 8.67. The van der Waals surface area contributed by atoms with Crippen molar-refractivity contribution in [2.45, 2.75) is 43.6 Å². The van der Waals surface area contributed by atoms with Gasteiger partial charge in [-0.1, -0.05) is 24.3 Å². The lowest BCUT2D eigenvalue weighted by Crippen LogP contribution is -2.31. The lowest BCUT2D eigenvalue weighted by atomic mass is 10.00. The number of sulfonamides is 1. The number of benzene rings is 3. The summed E-state index contributed by atoms with van der Waals surface area (Å²) in [6.07, 6.45) is 5.08. The van der Waals surface area contributed by atoms with E-state index in [0.717, 1.165) is 41.9 Å². The van der Waals surface area contributed by atoms with Crippen LogP contribution in [0.3, 0.4) is 0 Å². The Hall–Kier alpha value is -4.57. The van der Waals surface area contributed by atoms with Gasteiger partial charge in [-0.3, -0.25) is 14.5 Å². The summed E-state index contributed by atoms with van der Waals surface area (Å²) < 4.78 is 41.8. The standard InChI is InChI=1S/C35H38N4O5S/c1-24-6-4-7-25(2)34(24)35(40)39-19-15-31(23-39)44-30-9-5-8-28(20-30)37-45(41,42)33-21-29(10-11-32(33)43-3)38-18-14-27(22-38)26-12-16-36-17-13-26/h4-13,16-17,20-21,27,31,37H,14-15,18-19,22-23H2,1-3H3/t27?,31-/m0/s1. The van der Waals surface area contributed by atoms with Gasteiger partial charge in [-0.15, -0.1) is 0 Å². The largest absolute Gasteiger partial charge is 0.495 e. The summed E-state index contributed by atoms with van der Waals surface area (Å²) in [6.45, 7) is 6.58. The Morgan fingerprint density at radius 1 is 0.911 bits per heavy atom. The Balaban J connectivity index is 1.14. The SMILES string of the molecule is COc1ccc(N2CCC(c3ccncc3)C2)cc1S(=O)(=O)Nc1cccc(O[C@H]2CCN(C(=O)c3c(C)cccc3C)C2)c1. The molecular weight excluding hydrogens is 588 g/mol. The molecule has 2 fully saturated rings. The minimum atomic E-state index is -4.00. The molecule has 1 aromatic heterocycles. The van der Waals surface area contributed by atoms with Crippen molar-refractivity contribution in [1.82, 2.24) is 9.88 Å². The molecule has 2 atom stereocenters. The molecular formula is C35H38N4O5S. The number of aromatic nitrogens is 1. The highest BCUT2D eigenvalue weighted by molar-refractivity contribution is 7.92. The number of nitrogens with zero attached hydrogens (tertiary/aromatic N) is 3. The van der Waals surface area contributed by atoms with E-state index in [1.54, 1.807) is 48.8 Å². The molecule has 9 nitrogen and oxygen atoms in total. The summed E-state index contributed by atoms with van der Waals surface area (Å²) in [5.74, 6) is 1.16. The van der Waals surface area contributed by atoms with Gasteiger partial charge in [-0.2, -0.15) is 0 Å². The lowest BCUT2D eigenvalue weighted by Gasteiger charge is -2.21. The van der Waals surface area contributed by atoms with E-state index in [1.165, 1.54) is 12.7 Å². The zero-order valence-corrected chi connectivity index (χ0v) is 26.6. The second-order valence-electron chi connectivity index (χ2n) is 11.7. The van der Waals surface area contributed by atoms with E-state index in [9.17, 15) is 13.2 Å². The molecule has 1 unspecified atom stereocenters. The summed E-state index contributed by atoms with van der Waals surface area (Å²) in [6, 6.07) is 22.1. The third kappa shape index (κ3) is 6.61. The van der Waals surface area contributed by atoms with E-state index in [1.807, 2.05) is 55.1 Å². The lowest BCUT2D eigenvalue weighted by molar-refractivity contribution is 0.0771. The van der Waals surface area contributed by atoms with Crippen molar-refractivity contribution in [3.63, 3.8) is 0 Å². The zero-order chi connectivity index (χ0) is 31.6. The van der Waals surface area contributed by atoms with Crippen LogP contribution in [0.1, 0.15) is 45.8 Å². The van der Waals surface area contributed by atoms with Gasteiger partial charge in [0.1, 0.15) is 22.5 Å². The van der Waals surface area contributed by atoms with E-state index in [2.05, 4.69) is 14.6 Å². The first-order valence-corrected chi connectivity index (χ1v) is 16.7. The summed E-state index contributed by atoms with van der Waals surface area (Å²) >= 11 is 0. The molecule has 0 radical (unpaired) electrons. The van der Waals surface area contributed by atoms with Crippen molar-refractivity contribution in [3.05, 3.63) is 107 Å². The van der Waals surface area contributed by atoms with Crippen molar-refractivity contribution < 1.29 is 22.7 Å². The first-order valence-electron chi connectivity index (χ1n) is 15.2. The number of nitrogens with one attached hydrogen (secondary N) is 1. The molecule has 234 valence electrons. The first-order chi connectivity index (χ1) is 21.7. The Labute approximate surface area is 264 Å². The van der Waals surface area contributed by atoms with Crippen LogP contribution < -0.4 is 19.1 Å². The number of amides is 1. The van der Waals surface area contributed by atoms with E-state index in [0.29, 0.717) is 36.9 Å². The predicted octanol–water partition coefficient (Wildman–Crippen LogP) is 5.80. The summed E-state index contributed by atoms with van der Waals surface area (Å²) in [5, 5.41) is 0. The van der Waals surface area contributed by atoms with Gasteiger partial charge < -0.3 is 19.3 Å². The number of methoxy groups -OCH3 is 1. The number of aryl methyl sites for hydroxylation is 2. The van der Waals surface area contributed by atoms with Gasteiger partial charge >= 0.3 is 0 Å². The van der Waals surface area contributed by atoms with Crippen LogP contribution >= 0.6 is 0 Å². The molecule has 1 amide bonds. The highest BCUT2D eigenvalue weighted by Gasteiger charge is 2.30. The molecule has 0 bridgehead atoms. The van der Waals surface area contributed by atoms with Crippen LogP contribution in [-0.4, -0.2) is 63.6 Å². The first kappa shape index (κ1) is 30.5.